The summed E-state index contributed by atoms with van der Waals surface area (Å²) in [5.74, 6) is -2.06. The molecule has 1 aliphatic rings. The first-order valence-electron chi connectivity index (χ1n) is 6.01. The van der Waals surface area contributed by atoms with E-state index in [-0.39, 0.29) is 12.0 Å². The average Bonchev–Trinajstić information content (AvgIpc) is 2.40. The van der Waals surface area contributed by atoms with Gasteiger partial charge in [-0.1, -0.05) is 48.6 Å². The number of allylic oxidation sites excluding steroid dienone is 2. The minimum Gasteiger partial charge on any atom is -0.481 e. The Kier molecular flexibility index (Phi) is 5.66. The van der Waals surface area contributed by atoms with Crippen molar-refractivity contribution < 1.29 is 19.8 Å². The summed E-state index contributed by atoms with van der Waals surface area (Å²) in [5, 5.41) is 18.7. The molecule has 1 aromatic carbocycles. The Hall–Kier alpha value is -1.93. The predicted molar refractivity (Wildman–Crippen MR) is 81.0 cm³/mol. The van der Waals surface area contributed by atoms with Gasteiger partial charge in [-0.2, -0.15) is 0 Å². The minimum atomic E-state index is -1.08. The number of hydrogen-bond donors (Lipinski definition) is 2. The number of carboxylic acid groups (broad SMARTS) is 2. The Morgan fingerprint density at radius 3 is 2.20 bits per heavy atom. The third kappa shape index (κ3) is 4.63. The van der Waals surface area contributed by atoms with E-state index in [0.717, 1.165) is 0 Å². The summed E-state index contributed by atoms with van der Waals surface area (Å²) in [7, 11) is 2.63. The first-order valence-corrected chi connectivity index (χ1v) is 6.58. The molecule has 1 aliphatic carbocycles. The summed E-state index contributed by atoms with van der Waals surface area (Å²) in [5.41, 5.74) is -0.949. The summed E-state index contributed by atoms with van der Waals surface area (Å²) < 4.78 is 0. The van der Waals surface area contributed by atoms with E-state index < -0.39 is 17.4 Å². The van der Waals surface area contributed by atoms with Crippen molar-refractivity contribution in [3.8, 4) is 0 Å². The Morgan fingerprint density at radius 2 is 1.80 bits per heavy atom. The maximum Gasteiger partial charge on any atom is 0.331 e. The van der Waals surface area contributed by atoms with E-state index in [4.69, 9.17) is 10.2 Å². The predicted octanol–water partition coefficient (Wildman–Crippen LogP) is 2.24. The SMILES string of the molecule is CC1(C(=O)O)C=CC=C(C(=O)O)C1.Pc1ccccc1. The maximum atomic E-state index is 10.8. The molecule has 0 bridgehead atoms. The van der Waals surface area contributed by atoms with E-state index in [0.29, 0.717) is 0 Å². The van der Waals surface area contributed by atoms with Crippen molar-refractivity contribution in [2.24, 2.45) is 5.41 Å². The quantitative estimate of drug-likeness (QED) is 0.820. The van der Waals surface area contributed by atoms with E-state index >= 15 is 0 Å². The zero-order valence-electron chi connectivity index (χ0n) is 11.1. The highest BCUT2D eigenvalue weighted by Gasteiger charge is 2.34. The van der Waals surface area contributed by atoms with Crippen molar-refractivity contribution in [3.05, 3.63) is 54.1 Å². The lowest BCUT2D eigenvalue weighted by Gasteiger charge is -2.23. The van der Waals surface area contributed by atoms with E-state index in [9.17, 15) is 9.59 Å². The molecule has 5 heteroatoms. The molecule has 0 heterocycles. The van der Waals surface area contributed by atoms with Crippen LogP contribution in [0.2, 0.25) is 0 Å². The van der Waals surface area contributed by atoms with Crippen LogP contribution in [0, 0.1) is 5.41 Å². The van der Waals surface area contributed by atoms with Gasteiger partial charge in [-0.15, -0.1) is 9.24 Å². The van der Waals surface area contributed by atoms with Crippen LogP contribution in [0.5, 0.6) is 0 Å². The second kappa shape index (κ2) is 7.01. The van der Waals surface area contributed by atoms with Gasteiger partial charge in [0.15, 0.2) is 0 Å². The summed E-state index contributed by atoms with van der Waals surface area (Å²) in [6, 6.07) is 10.1. The molecular weight excluding hydrogens is 275 g/mol. The molecule has 0 fully saturated rings. The van der Waals surface area contributed by atoms with Gasteiger partial charge >= 0.3 is 11.9 Å². The lowest BCUT2D eigenvalue weighted by atomic mass is 9.80. The standard InChI is InChI=1S/C9H10O4.C6H7P/c1-9(8(12)13)4-2-3-6(5-9)7(10)11;7-6-4-2-1-3-5-6/h2-4H,5H2,1H3,(H,10,11)(H,12,13);1-5H,7H2. The molecule has 1 aromatic rings. The van der Waals surface area contributed by atoms with Crippen molar-refractivity contribution >= 4 is 26.5 Å². The summed E-state index contributed by atoms with van der Waals surface area (Å²) in [6.07, 6.45) is 4.43. The van der Waals surface area contributed by atoms with Gasteiger partial charge in [-0.25, -0.2) is 4.79 Å². The molecule has 2 N–H and O–H groups in total. The number of aliphatic carboxylic acids is 2. The second-order valence-electron chi connectivity index (χ2n) is 4.67. The van der Waals surface area contributed by atoms with Crippen molar-refractivity contribution in [2.45, 2.75) is 13.3 Å². The Balaban J connectivity index is 0.000000240. The number of rotatable bonds is 2. The highest BCUT2D eigenvalue weighted by molar-refractivity contribution is 7.27. The maximum absolute atomic E-state index is 10.8. The molecule has 20 heavy (non-hydrogen) atoms. The summed E-state index contributed by atoms with van der Waals surface area (Å²) >= 11 is 0. The van der Waals surface area contributed by atoms with Gasteiger partial charge < -0.3 is 10.2 Å². The van der Waals surface area contributed by atoms with Gasteiger partial charge in [0.25, 0.3) is 0 Å². The van der Waals surface area contributed by atoms with E-state index in [2.05, 4.69) is 9.24 Å². The second-order valence-corrected chi connectivity index (χ2v) is 5.33. The van der Waals surface area contributed by atoms with Gasteiger partial charge in [0, 0.05) is 5.57 Å². The topological polar surface area (TPSA) is 74.6 Å². The Bertz CT molecular complexity index is 548. The lowest BCUT2D eigenvalue weighted by molar-refractivity contribution is -0.145. The van der Waals surface area contributed by atoms with E-state index in [1.54, 1.807) is 0 Å². The Morgan fingerprint density at radius 1 is 1.20 bits per heavy atom. The molecule has 2 atom stereocenters. The number of carbonyl (C=O) groups is 2. The van der Waals surface area contributed by atoms with Gasteiger partial charge in [0.2, 0.25) is 0 Å². The minimum absolute atomic E-state index is 0.0359. The van der Waals surface area contributed by atoms with Crippen LogP contribution in [0.25, 0.3) is 0 Å². The van der Waals surface area contributed by atoms with Gasteiger partial charge in [-0.3, -0.25) is 4.79 Å². The van der Waals surface area contributed by atoms with Crippen molar-refractivity contribution in [1.29, 1.82) is 0 Å². The highest BCUT2D eigenvalue weighted by atomic mass is 31.0. The van der Waals surface area contributed by atoms with Gasteiger partial charge in [0.1, 0.15) is 0 Å². The molecule has 0 saturated heterocycles. The number of hydrogen-bond acceptors (Lipinski definition) is 2. The van der Waals surface area contributed by atoms with Crippen LogP contribution >= 0.6 is 9.24 Å². The molecule has 106 valence electrons. The van der Waals surface area contributed by atoms with Gasteiger partial charge in [-0.05, 0) is 18.6 Å². The normalized spacial score (nSPS) is 20.4. The number of benzene rings is 1. The highest BCUT2D eigenvalue weighted by Crippen LogP contribution is 2.31. The summed E-state index contributed by atoms with van der Waals surface area (Å²) in [4.78, 5) is 21.3. The first-order chi connectivity index (χ1) is 9.35. The molecule has 0 amide bonds. The Labute approximate surface area is 120 Å². The van der Waals surface area contributed by atoms with Crippen molar-refractivity contribution in [2.75, 3.05) is 0 Å². The molecule has 2 unspecified atom stereocenters. The third-order valence-electron chi connectivity index (χ3n) is 2.88. The van der Waals surface area contributed by atoms with Crippen LogP contribution in [0.15, 0.2) is 54.1 Å². The average molecular weight is 292 g/mol. The lowest BCUT2D eigenvalue weighted by Crippen LogP contribution is -2.28. The fourth-order valence-corrected chi connectivity index (χ4v) is 1.86. The zero-order valence-corrected chi connectivity index (χ0v) is 12.3. The third-order valence-corrected chi connectivity index (χ3v) is 3.27. The molecule has 0 aromatic heterocycles. The van der Waals surface area contributed by atoms with Crippen LogP contribution in [-0.4, -0.2) is 22.2 Å². The van der Waals surface area contributed by atoms with Crippen LogP contribution in [-0.2, 0) is 9.59 Å². The number of carboxylic acids is 2. The molecule has 0 radical (unpaired) electrons. The molecule has 4 nitrogen and oxygen atoms in total. The van der Waals surface area contributed by atoms with Gasteiger partial charge in [0.05, 0.1) is 5.41 Å². The van der Waals surface area contributed by atoms with Crippen LogP contribution in [0.3, 0.4) is 0 Å². The molecule has 0 spiro atoms. The fraction of sp³-hybridized carbons (Fsp3) is 0.200. The summed E-state index contributed by atoms with van der Waals surface area (Å²) in [6.45, 7) is 1.50. The monoisotopic (exact) mass is 292 g/mol. The molecule has 0 saturated carbocycles. The fourth-order valence-electron chi connectivity index (χ4n) is 1.64. The smallest absolute Gasteiger partial charge is 0.331 e. The van der Waals surface area contributed by atoms with E-state index in [1.807, 2.05) is 30.3 Å². The van der Waals surface area contributed by atoms with Crippen molar-refractivity contribution in [3.63, 3.8) is 0 Å². The largest absolute Gasteiger partial charge is 0.481 e. The molecule has 2 rings (SSSR count). The van der Waals surface area contributed by atoms with Crippen LogP contribution in [0.4, 0.5) is 0 Å². The van der Waals surface area contributed by atoms with Crippen LogP contribution < -0.4 is 5.30 Å². The zero-order chi connectivity index (χ0) is 15.2. The van der Waals surface area contributed by atoms with Crippen LogP contribution in [0.1, 0.15) is 13.3 Å². The molecule has 0 aliphatic heterocycles. The molecular formula is C15H17O4P. The van der Waals surface area contributed by atoms with Crippen molar-refractivity contribution in [1.82, 2.24) is 0 Å². The first kappa shape index (κ1) is 16.1. The van der Waals surface area contributed by atoms with E-state index in [1.165, 1.54) is 30.5 Å².